The Morgan fingerprint density at radius 1 is 1.22 bits per heavy atom. The van der Waals surface area contributed by atoms with Gasteiger partial charge in [-0.3, -0.25) is 4.79 Å². The SMILES string of the molecule is Nc1cc(Br)c(C=O)cc1OCc1ccccc1. The molecule has 0 aliphatic rings. The van der Waals surface area contributed by atoms with Crippen LogP contribution < -0.4 is 10.5 Å². The first-order valence-corrected chi connectivity index (χ1v) is 6.21. The minimum atomic E-state index is 0.422. The Morgan fingerprint density at radius 2 is 1.94 bits per heavy atom. The smallest absolute Gasteiger partial charge is 0.151 e. The summed E-state index contributed by atoms with van der Waals surface area (Å²) in [7, 11) is 0. The van der Waals surface area contributed by atoms with Crippen LogP contribution in [0.4, 0.5) is 5.69 Å². The molecule has 0 bridgehead atoms. The molecule has 3 nitrogen and oxygen atoms in total. The van der Waals surface area contributed by atoms with E-state index >= 15 is 0 Å². The summed E-state index contributed by atoms with van der Waals surface area (Å²) in [6, 6.07) is 13.1. The van der Waals surface area contributed by atoms with Crippen molar-refractivity contribution in [3.63, 3.8) is 0 Å². The first-order chi connectivity index (χ1) is 8.70. The number of carbonyl (C=O) groups is 1. The van der Waals surface area contributed by atoms with E-state index in [1.807, 2.05) is 30.3 Å². The molecule has 2 N–H and O–H groups in total. The zero-order valence-corrected chi connectivity index (χ0v) is 11.2. The van der Waals surface area contributed by atoms with Gasteiger partial charge in [-0.05, 0) is 33.6 Å². The Morgan fingerprint density at radius 3 is 2.61 bits per heavy atom. The van der Waals surface area contributed by atoms with Gasteiger partial charge in [0.05, 0.1) is 5.69 Å². The quantitative estimate of drug-likeness (QED) is 0.695. The summed E-state index contributed by atoms with van der Waals surface area (Å²) in [4.78, 5) is 10.8. The van der Waals surface area contributed by atoms with Gasteiger partial charge in [0.1, 0.15) is 12.4 Å². The molecule has 2 aromatic rings. The van der Waals surface area contributed by atoms with Gasteiger partial charge >= 0.3 is 0 Å². The number of aldehydes is 1. The van der Waals surface area contributed by atoms with Crippen LogP contribution in [0.3, 0.4) is 0 Å². The van der Waals surface area contributed by atoms with Gasteiger partial charge in [0, 0.05) is 10.0 Å². The lowest BCUT2D eigenvalue weighted by atomic mass is 10.2. The summed E-state index contributed by atoms with van der Waals surface area (Å²) in [6.45, 7) is 0.422. The number of hydrogen-bond donors (Lipinski definition) is 1. The molecule has 0 saturated carbocycles. The number of benzene rings is 2. The van der Waals surface area contributed by atoms with Crippen LogP contribution in [0.1, 0.15) is 15.9 Å². The molecule has 0 aliphatic heterocycles. The Bertz CT molecular complexity index is 555. The molecular weight excluding hydrogens is 294 g/mol. The molecule has 0 amide bonds. The van der Waals surface area contributed by atoms with Gasteiger partial charge < -0.3 is 10.5 Å². The van der Waals surface area contributed by atoms with Crippen LogP contribution in [0.5, 0.6) is 5.75 Å². The van der Waals surface area contributed by atoms with Crippen LogP contribution in [0.15, 0.2) is 46.9 Å². The van der Waals surface area contributed by atoms with E-state index in [9.17, 15) is 4.79 Å². The Labute approximate surface area is 114 Å². The van der Waals surface area contributed by atoms with Crippen LogP contribution in [-0.2, 0) is 6.61 Å². The Kier molecular flexibility index (Phi) is 3.99. The molecule has 0 aliphatic carbocycles. The van der Waals surface area contributed by atoms with Gasteiger partial charge in [0.25, 0.3) is 0 Å². The van der Waals surface area contributed by atoms with Crippen LogP contribution in [0, 0.1) is 0 Å². The monoisotopic (exact) mass is 305 g/mol. The number of halogens is 1. The summed E-state index contributed by atoms with van der Waals surface area (Å²) in [6.07, 6.45) is 0.763. The van der Waals surface area contributed by atoms with Gasteiger partial charge in [0.2, 0.25) is 0 Å². The van der Waals surface area contributed by atoms with Gasteiger partial charge in [-0.1, -0.05) is 30.3 Å². The van der Waals surface area contributed by atoms with E-state index in [2.05, 4.69) is 15.9 Å². The summed E-state index contributed by atoms with van der Waals surface area (Å²) in [5.74, 6) is 0.518. The van der Waals surface area contributed by atoms with E-state index in [4.69, 9.17) is 10.5 Å². The lowest BCUT2D eigenvalue weighted by molar-refractivity contribution is 0.112. The fourth-order valence-corrected chi connectivity index (χ4v) is 1.99. The maximum atomic E-state index is 10.8. The second-order valence-electron chi connectivity index (χ2n) is 3.80. The van der Waals surface area contributed by atoms with Crippen molar-refractivity contribution in [2.75, 3.05) is 5.73 Å². The average Bonchev–Trinajstić information content (AvgIpc) is 2.39. The number of nitrogens with two attached hydrogens (primary N) is 1. The van der Waals surface area contributed by atoms with Crippen LogP contribution in [-0.4, -0.2) is 6.29 Å². The highest BCUT2D eigenvalue weighted by Gasteiger charge is 2.07. The predicted octanol–water partition coefficient (Wildman–Crippen LogP) is 3.42. The molecule has 18 heavy (non-hydrogen) atoms. The number of ether oxygens (including phenoxy) is 1. The molecule has 0 spiro atoms. The molecular formula is C14H12BrNO2. The van der Waals surface area contributed by atoms with Crippen molar-refractivity contribution >= 4 is 27.9 Å². The molecule has 0 fully saturated rings. The normalized spacial score (nSPS) is 10.1. The van der Waals surface area contributed by atoms with Crippen molar-refractivity contribution in [1.29, 1.82) is 0 Å². The third kappa shape index (κ3) is 2.90. The lowest BCUT2D eigenvalue weighted by Crippen LogP contribution is -2.00. The minimum absolute atomic E-state index is 0.422. The van der Waals surface area contributed by atoms with Gasteiger partial charge in [-0.25, -0.2) is 0 Å². The Balaban J connectivity index is 2.17. The van der Waals surface area contributed by atoms with E-state index in [1.54, 1.807) is 12.1 Å². The molecule has 0 saturated heterocycles. The van der Waals surface area contributed by atoms with E-state index in [0.717, 1.165) is 11.8 Å². The summed E-state index contributed by atoms with van der Waals surface area (Å²) in [5, 5.41) is 0. The van der Waals surface area contributed by atoms with Crippen molar-refractivity contribution in [2.45, 2.75) is 6.61 Å². The summed E-state index contributed by atoms with van der Waals surface area (Å²) < 4.78 is 6.28. The van der Waals surface area contributed by atoms with Crippen molar-refractivity contribution in [2.24, 2.45) is 0 Å². The largest absolute Gasteiger partial charge is 0.487 e. The maximum Gasteiger partial charge on any atom is 0.151 e. The highest BCUT2D eigenvalue weighted by Crippen LogP contribution is 2.29. The van der Waals surface area contributed by atoms with Gasteiger partial charge in [-0.15, -0.1) is 0 Å². The first kappa shape index (κ1) is 12.6. The average molecular weight is 306 g/mol. The maximum absolute atomic E-state index is 10.8. The fraction of sp³-hybridized carbons (Fsp3) is 0.0714. The Hall–Kier alpha value is -1.81. The number of nitrogen functional groups attached to an aromatic ring is 1. The summed E-state index contributed by atoms with van der Waals surface area (Å²) >= 11 is 3.27. The molecule has 2 aromatic carbocycles. The van der Waals surface area contributed by atoms with Gasteiger partial charge in [-0.2, -0.15) is 0 Å². The van der Waals surface area contributed by atoms with Gasteiger partial charge in [0.15, 0.2) is 6.29 Å². The first-order valence-electron chi connectivity index (χ1n) is 5.41. The zero-order valence-electron chi connectivity index (χ0n) is 9.60. The van der Waals surface area contributed by atoms with E-state index in [-0.39, 0.29) is 0 Å². The molecule has 0 atom stereocenters. The number of hydrogen-bond acceptors (Lipinski definition) is 3. The standard InChI is InChI=1S/C14H12BrNO2/c15-12-7-13(16)14(6-11(12)8-17)18-9-10-4-2-1-3-5-10/h1-8H,9,16H2. The molecule has 0 radical (unpaired) electrons. The molecule has 2 rings (SSSR count). The topological polar surface area (TPSA) is 52.3 Å². The highest BCUT2D eigenvalue weighted by molar-refractivity contribution is 9.10. The van der Waals surface area contributed by atoms with E-state index < -0.39 is 0 Å². The van der Waals surface area contributed by atoms with Crippen molar-refractivity contribution in [1.82, 2.24) is 0 Å². The van der Waals surface area contributed by atoms with E-state index in [0.29, 0.717) is 28.1 Å². The molecule has 0 heterocycles. The third-order valence-electron chi connectivity index (χ3n) is 2.49. The number of rotatable bonds is 4. The number of anilines is 1. The van der Waals surface area contributed by atoms with Crippen LogP contribution in [0.2, 0.25) is 0 Å². The van der Waals surface area contributed by atoms with Crippen LogP contribution in [0.25, 0.3) is 0 Å². The van der Waals surface area contributed by atoms with Crippen molar-refractivity contribution in [3.8, 4) is 5.75 Å². The van der Waals surface area contributed by atoms with Crippen molar-refractivity contribution < 1.29 is 9.53 Å². The highest BCUT2D eigenvalue weighted by atomic mass is 79.9. The molecule has 92 valence electrons. The van der Waals surface area contributed by atoms with Crippen molar-refractivity contribution in [3.05, 3.63) is 58.1 Å². The predicted molar refractivity (Wildman–Crippen MR) is 74.7 cm³/mol. The molecule has 4 heteroatoms. The lowest BCUT2D eigenvalue weighted by Gasteiger charge is -2.10. The number of carbonyl (C=O) groups excluding carboxylic acids is 1. The second-order valence-corrected chi connectivity index (χ2v) is 4.66. The zero-order chi connectivity index (χ0) is 13.0. The summed E-state index contributed by atoms with van der Waals surface area (Å²) in [5.41, 5.74) is 7.91. The minimum Gasteiger partial charge on any atom is -0.487 e. The third-order valence-corrected chi connectivity index (χ3v) is 3.18. The van der Waals surface area contributed by atoms with E-state index in [1.165, 1.54) is 0 Å². The molecule has 0 aromatic heterocycles. The van der Waals surface area contributed by atoms with Crippen LogP contribution >= 0.6 is 15.9 Å². The second kappa shape index (κ2) is 5.69. The fourth-order valence-electron chi connectivity index (χ4n) is 1.54. The molecule has 0 unspecified atom stereocenters.